The van der Waals surface area contributed by atoms with Crippen LogP contribution in [-0.2, 0) is 18.3 Å². The Hall–Kier alpha value is -3.00. The number of nitrogens with zero attached hydrogens (tertiary/aromatic N) is 6. The van der Waals surface area contributed by atoms with Crippen molar-refractivity contribution in [2.75, 3.05) is 44.2 Å². The number of aromatic nitrogens is 4. The van der Waals surface area contributed by atoms with Gasteiger partial charge in [0.25, 0.3) is 0 Å². The SMILES string of the molecule is Cc1cc(C)c(CCNC(=O)CN2CCN(c3nc(C)nc4c3cnn4C)CC2)c(C)c1. The second-order valence-electron chi connectivity index (χ2n) is 8.84. The van der Waals surface area contributed by atoms with Crippen molar-refractivity contribution in [1.82, 2.24) is 30.0 Å². The van der Waals surface area contributed by atoms with Gasteiger partial charge in [0.05, 0.1) is 18.1 Å². The third-order valence-corrected chi connectivity index (χ3v) is 6.26. The molecule has 1 saturated heterocycles. The predicted octanol–water partition coefficient (Wildman–Crippen LogP) is 2.08. The van der Waals surface area contributed by atoms with Gasteiger partial charge in [0.1, 0.15) is 11.6 Å². The quantitative estimate of drug-likeness (QED) is 0.639. The minimum absolute atomic E-state index is 0.0911. The van der Waals surface area contributed by atoms with E-state index in [4.69, 9.17) is 0 Å². The molecule has 8 nitrogen and oxygen atoms in total. The van der Waals surface area contributed by atoms with E-state index in [-0.39, 0.29) is 5.91 Å². The van der Waals surface area contributed by atoms with E-state index < -0.39 is 0 Å². The zero-order valence-electron chi connectivity index (χ0n) is 19.8. The van der Waals surface area contributed by atoms with Crippen molar-refractivity contribution in [3.05, 3.63) is 46.4 Å². The summed E-state index contributed by atoms with van der Waals surface area (Å²) in [5, 5.41) is 8.41. The van der Waals surface area contributed by atoms with E-state index in [1.54, 1.807) is 4.68 Å². The number of fused-ring (bicyclic) bond motifs is 1. The third kappa shape index (κ3) is 4.75. The summed E-state index contributed by atoms with van der Waals surface area (Å²) in [6.45, 7) is 12.7. The first-order chi connectivity index (χ1) is 15.3. The van der Waals surface area contributed by atoms with Gasteiger partial charge in [0.2, 0.25) is 5.91 Å². The van der Waals surface area contributed by atoms with Crippen LogP contribution in [0.3, 0.4) is 0 Å². The van der Waals surface area contributed by atoms with Gasteiger partial charge in [-0.2, -0.15) is 5.10 Å². The van der Waals surface area contributed by atoms with Crippen LogP contribution < -0.4 is 10.2 Å². The van der Waals surface area contributed by atoms with Crippen molar-refractivity contribution in [1.29, 1.82) is 0 Å². The maximum Gasteiger partial charge on any atom is 0.234 e. The highest BCUT2D eigenvalue weighted by atomic mass is 16.2. The van der Waals surface area contributed by atoms with Crippen molar-refractivity contribution in [3.8, 4) is 0 Å². The molecule has 1 aliphatic heterocycles. The molecule has 1 amide bonds. The van der Waals surface area contributed by atoms with Crippen molar-refractivity contribution in [3.63, 3.8) is 0 Å². The fourth-order valence-electron chi connectivity index (χ4n) is 4.66. The molecule has 2 aromatic heterocycles. The summed E-state index contributed by atoms with van der Waals surface area (Å²) in [5.74, 6) is 1.78. The zero-order chi connectivity index (χ0) is 22.8. The molecule has 4 rings (SSSR count). The molecule has 0 unspecified atom stereocenters. The second-order valence-corrected chi connectivity index (χ2v) is 8.84. The van der Waals surface area contributed by atoms with Gasteiger partial charge in [-0.25, -0.2) is 9.97 Å². The zero-order valence-corrected chi connectivity index (χ0v) is 19.8. The Balaban J connectivity index is 1.28. The number of hydrogen-bond acceptors (Lipinski definition) is 6. The summed E-state index contributed by atoms with van der Waals surface area (Å²) >= 11 is 0. The summed E-state index contributed by atoms with van der Waals surface area (Å²) in [4.78, 5) is 26.2. The van der Waals surface area contributed by atoms with Crippen molar-refractivity contribution in [2.24, 2.45) is 7.05 Å². The van der Waals surface area contributed by atoms with Gasteiger partial charge in [-0.3, -0.25) is 14.4 Å². The van der Waals surface area contributed by atoms with Crippen LogP contribution in [-0.4, -0.2) is 69.8 Å². The first-order valence-electron chi connectivity index (χ1n) is 11.3. The number of aryl methyl sites for hydroxylation is 5. The maximum atomic E-state index is 12.5. The highest BCUT2D eigenvalue weighted by Crippen LogP contribution is 2.24. The van der Waals surface area contributed by atoms with E-state index in [9.17, 15) is 4.79 Å². The monoisotopic (exact) mass is 435 g/mol. The lowest BCUT2D eigenvalue weighted by molar-refractivity contribution is -0.122. The predicted molar refractivity (Wildman–Crippen MR) is 127 cm³/mol. The largest absolute Gasteiger partial charge is 0.355 e. The number of piperazine rings is 1. The molecule has 0 aliphatic carbocycles. The Bertz CT molecular complexity index is 1110. The van der Waals surface area contributed by atoms with Crippen LogP contribution in [0.4, 0.5) is 5.82 Å². The van der Waals surface area contributed by atoms with E-state index in [1.165, 1.54) is 22.3 Å². The first-order valence-corrected chi connectivity index (χ1v) is 11.3. The van der Waals surface area contributed by atoms with Crippen LogP contribution in [0, 0.1) is 27.7 Å². The highest BCUT2D eigenvalue weighted by molar-refractivity contribution is 5.87. The Morgan fingerprint density at radius 2 is 1.72 bits per heavy atom. The topological polar surface area (TPSA) is 79.2 Å². The van der Waals surface area contributed by atoms with Gasteiger partial charge in [-0.05, 0) is 50.8 Å². The molecule has 0 bridgehead atoms. The molecule has 3 aromatic rings. The van der Waals surface area contributed by atoms with Gasteiger partial charge >= 0.3 is 0 Å². The van der Waals surface area contributed by atoms with Crippen molar-refractivity contribution < 1.29 is 4.79 Å². The fraction of sp³-hybridized carbons (Fsp3) is 0.500. The summed E-state index contributed by atoms with van der Waals surface area (Å²) in [6.07, 6.45) is 2.70. The van der Waals surface area contributed by atoms with E-state index in [1.807, 2.05) is 20.2 Å². The number of anilines is 1. The lowest BCUT2D eigenvalue weighted by Gasteiger charge is -2.35. The van der Waals surface area contributed by atoms with Crippen LogP contribution in [0.15, 0.2) is 18.3 Å². The smallest absolute Gasteiger partial charge is 0.234 e. The molecule has 3 heterocycles. The summed E-state index contributed by atoms with van der Waals surface area (Å²) in [6, 6.07) is 4.42. The molecular weight excluding hydrogens is 402 g/mol. The van der Waals surface area contributed by atoms with Crippen LogP contribution >= 0.6 is 0 Å². The number of benzene rings is 1. The molecular formula is C24H33N7O. The summed E-state index contributed by atoms with van der Waals surface area (Å²) in [7, 11) is 1.90. The van der Waals surface area contributed by atoms with Crippen LogP contribution in [0.1, 0.15) is 28.1 Å². The van der Waals surface area contributed by atoms with Crippen molar-refractivity contribution in [2.45, 2.75) is 34.1 Å². The molecule has 32 heavy (non-hydrogen) atoms. The number of nitrogens with one attached hydrogen (secondary N) is 1. The van der Waals surface area contributed by atoms with E-state index in [0.717, 1.165) is 55.3 Å². The summed E-state index contributed by atoms with van der Waals surface area (Å²) < 4.78 is 1.79. The Labute approximate surface area is 189 Å². The number of carbonyl (C=O) groups is 1. The number of hydrogen-bond donors (Lipinski definition) is 1. The molecule has 0 spiro atoms. The van der Waals surface area contributed by atoms with Crippen LogP contribution in [0.5, 0.6) is 0 Å². The molecule has 8 heteroatoms. The minimum Gasteiger partial charge on any atom is -0.355 e. The normalized spacial score (nSPS) is 14.8. The Morgan fingerprint density at radius 3 is 2.41 bits per heavy atom. The molecule has 0 saturated carbocycles. The number of rotatable bonds is 6. The lowest BCUT2D eigenvalue weighted by Crippen LogP contribution is -2.50. The maximum absolute atomic E-state index is 12.5. The average molecular weight is 436 g/mol. The van der Waals surface area contributed by atoms with Gasteiger partial charge in [0.15, 0.2) is 5.65 Å². The van der Waals surface area contributed by atoms with Crippen LogP contribution in [0.25, 0.3) is 11.0 Å². The molecule has 0 radical (unpaired) electrons. The molecule has 1 aliphatic rings. The first kappa shape index (κ1) is 22.2. The standard InChI is InChI=1S/C24H33N7O/c1-16-12-17(2)20(18(3)13-16)6-7-25-22(32)15-30-8-10-31(11-9-30)24-21-14-26-29(5)23(21)27-19(4)28-24/h12-14H,6-11,15H2,1-5H3,(H,25,32). The number of carbonyl (C=O) groups excluding carboxylic acids is 1. The fourth-order valence-corrected chi connectivity index (χ4v) is 4.66. The molecule has 1 fully saturated rings. The van der Waals surface area contributed by atoms with E-state index in [2.05, 4.69) is 63.1 Å². The van der Waals surface area contributed by atoms with Crippen LogP contribution in [0.2, 0.25) is 0 Å². The van der Waals surface area contributed by atoms with E-state index >= 15 is 0 Å². The van der Waals surface area contributed by atoms with Gasteiger partial charge in [-0.1, -0.05) is 17.7 Å². The molecule has 1 N–H and O–H groups in total. The molecule has 170 valence electrons. The highest BCUT2D eigenvalue weighted by Gasteiger charge is 2.22. The van der Waals surface area contributed by atoms with Gasteiger partial charge < -0.3 is 10.2 Å². The average Bonchev–Trinajstić information content (AvgIpc) is 3.10. The summed E-state index contributed by atoms with van der Waals surface area (Å²) in [5.41, 5.74) is 6.08. The van der Waals surface area contributed by atoms with Crippen molar-refractivity contribution >= 4 is 22.8 Å². The third-order valence-electron chi connectivity index (χ3n) is 6.26. The second kappa shape index (κ2) is 9.24. The molecule has 1 aromatic carbocycles. The van der Waals surface area contributed by atoms with Gasteiger partial charge in [-0.15, -0.1) is 0 Å². The molecule has 0 atom stereocenters. The van der Waals surface area contributed by atoms with Gasteiger partial charge in [0, 0.05) is 39.8 Å². The Kier molecular flexibility index (Phi) is 6.41. The van der Waals surface area contributed by atoms with E-state index in [0.29, 0.717) is 13.1 Å². The Morgan fingerprint density at radius 1 is 1.03 bits per heavy atom. The lowest BCUT2D eigenvalue weighted by atomic mass is 9.97. The number of amides is 1. The minimum atomic E-state index is 0.0911.